The van der Waals surface area contributed by atoms with Gasteiger partial charge in [0.1, 0.15) is 10.7 Å². The van der Waals surface area contributed by atoms with E-state index in [0.29, 0.717) is 6.61 Å². The number of halogens is 1. The Morgan fingerprint density at radius 2 is 2.19 bits per heavy atom. The molecule has 1 saturated heterocycles. The predicted molar refractivity (Wildman–Crippen MR) is 78.9 cm³/mol. The van der Waals surface area contributed by atoms with E-state index >= 15 is 0 Å². The minimum absolute atomic E-state index is 0.0557. The van der Waals surface area contributed by atoms with Crippen LogP contribution in [-0.2, 0) is 14.8 Å². The standard InChI is InChI=1S/C14H21FN2O3S/c1-3-12-10(4-5-20-12)8-17-21(18,19)13-7-11(16)6-9(2)14(13)15/h6-7,10,12,17H,3-5,8,16H2,1-2H3. The van der Waals surface area contributed by atoms with Gasteiger partial charge in [0, 0.05) is 24.8 Å². The van der Waals surface area contributed by atoms with E-state index in [4.69, 9.17) is 10.5 Å². The van der Waals surface area contributed by atoms with E-state index in [1.165, 1.54) is 13.0 Å². The number of sulfonamides is 1. The van der Waals surface area contributed by atoms with Gasteiger partial charge in [0.05, 0.1) is 6.10 Å². The van der Waals surface area contributed by atoms with Gasteiger partial charge in [0.15, 0.2) is 0 Å². The highest BCUT2D eigenvalue weighted by Crippen LogP contribution is 2.25. The summed E-state index contributed by atoms with van der Waals surface area (Å²) < 4.78 is 46.5. The van der Waals surface area contributed by atoms with Gasteiger partial charge in [-0.3, -0.25) is 0 Å². The number of hydrogen-bond acceptors (Lipinski definition) is 4. The van der Waals surface area contributed by atoms with Crippen molar-refractivity contribution in [2.75, 3.05) is 18.9 Å². The number of hydrogen-bond donors (Lipinski definition) is 2. The highest BCUT2D eigenvalue weighted by molar-refractivity contribution is 7.89. The number of nitrogen functional groups attached to an aromatic ring is 1. The topological polar surface area (TPSA) is 81.4 Å². The summed E-state index contributed by atoms with van der Waals surface area (Å²) in [5.41, 5.74) is 6.05. The predicted octanol–water partition coefficient (Wildman–Crippen LogP) is 1.81. The molecule has 1 aliphatic heterocycles. The number of nitrogens with two attached hydrogens (primary N) is 1. The highest BCUT2D eigenvalue weighted by Gasteiger charge is 2.29. The van der Waals surface area contributed by atoms with Gasteiger partial charge in [-0.1, -0.05) is 6.92 Å². The zero-order valence-corrected chi connectivity index (χ0v) is 13.0. The van der Waals surface area contributed by atoms with Crippen LogP contribution in [0.4, 0.5) is 10.1 Å². The van der Waals surface area contributed by atoms with E-state index in [2.05, 4.69) is 4.72 Å². The maximum Gasteiger partial charge on any atom is 0.243 e. The molecule has 2 unspecified atom stereocenters. The third-order valence-electron chi connectivity index (χ3n) is 3.82. The first-order valence-electron chi connectivity index (χ1n) is 7.02. The quantitative estimate of drug-likeness (QED) is 0.812. The first-order chi connectivity index (χ1) is 9.85. The van der Waals surface area contributed by atoms with E-state index in [-0.39, 0.29) is 29.8 Å². The Morgan fingerprint density at radius 3 is 2.86 bits per heavy atom. The van der Waals surface area contributed by atoms with Gasteiger partial charge in [-0.15, -0.1) is 0 Å². The van der Waals surface area contributed by atoms with E-state index < -0.39 is 20.7 Å². The van der Waals surface area contributed by atoms with Crippen molar-refractivity contribution in [3.8, 4) is 0 Å². The van der Waals surface area contributed by atoms with Crippen LogP contribution >= 0.6 is 0 Å². The summed E-state index contributed by atoms with van der Waals surface area (Å²) >= 11 is 0. The van der Waals surface area contributed by atoms with Crippen LogP contribution in [0.5, 0.6) is 0 Å². The molecule has 1 fully saturated rings. The summed E-state index contributed by atoms with van der Waals surface area (Å²) in [4.78, 5) is -0.396. The molecule has 1 heterocycles. The summed E-state index contributed by atoms with van der Waals surface area (Å²) in [6.07, 6.45) is 1.69. The van der Waals surface area contributed by atoms with E-state index in [1.54, 1.807) is 0 Å². The molecule has 0 radical (unpaired) electrons. The molecular formula is C14H21FN2O3S. The number of aryl methyl sites for hydroxylation is 1. The second-order valence-corrected chi connectivity index (χ2v) is 7.10. The lowest BCUT2D eigenvalue weighted by Crippen LogP contribution is -2.33. The van der Waals surface area contributed by atoms with Crippen molar-refractivity contribution >= 4 is 15.7 Å². The summed E-state index contributed by atoms with van der Waals surface area (Å²) in [6, 6.07) is 2.55. The largest absolute Gasteiger partial charge is 0.399 e. The molecule has 0 saturated carbocycles. The second-order valence-electron chi connectivity index (χ2n) is 5.37. The molecule has 21 heavy (non-hydrogen) atoms. The summed E-state index contributed by atoms with van der Waals surface area (Å²) in [7, 11) is -3.92. The smallest absolute Gasteiger partial charge is 0.243 e. The molecule has 1 aromatic rings. The Bertz CT molecular complexity index is 619. The SMILES string of the molecule is CCC1OCCC1CNS(=O)(=O)c1cc(N)cc(C)c1F. The van der Waals surface area contributed by atoms with Gasteiger partial charge in [0.2, 0.25) is 10.0 Å². The van der Waals surface area contributed by atoms with Gasteiger partial charge >= 0.3 is 0 Å². The van der Waals surface area contributed by atoms with Gasteiger partial charge < -0.3 is 10.5 Å². The fourth-order valence-electron chi connectivity index (χ4n) is 2.63. The minimum Gasteiger partial charge on any atom is -0.399 e. The fourth-order valence-corrected chi connectivity index (χ4v) is 3.91. The third kappa shape index (κ3) is 3.53. The van der Waals surface area contributed by atoms with Crippen molar-refractivity contribution in [2.45, 2.75) is 37.7 Å². The van der Waals surface area contributed by atoms with Crippen LogP contribution in [0, 0.1) is 18.7 Å². The summed E-state index contributed by atoms with van der Waals surface area (Å²) in [5, 5.41) is 0. The van der Waals surface area contributed by atoms with Gasteiger partial charge in [-0.2, -0.15) is 0 Å². The molecule has 118 valence electrons. The zero-order valence-electron chi connectivity index (χ0n) is 12.2. The third-order valence-corrected chi connectivity index (χ3v) is 5.24. The second kappa shape index (κ2) is 6.29. The lowest BCUT2D eigenvalue weighted by Gasteiger charge is -2.17. The van der Waals surface area contributed by atoms with Crippen LogP contribution in [0.1, 0.15) is 25.3 Å². The van der Waals surface area contributed by atoms with Crippen LogP contribution in [0.2, 0.25) is 0 Å². The van der Waals surface area contributed by atoms with Crippen molar-refractivity contribution in [1.82, 2.24) is 4.72 Å². The van der Waals surface area contributed by atoms with Crippen molar-refractivity contribution in [1.29, 1.82) is 0 Å². The normalized spacial score (nSPS) is 22.6. The highest BCUT2D eigenvalue weighted by atomic mass is 32.2. The van der Waals surface area contributed by atoms with Crippen molar-refractivity contribution in [3.63, 3.8) is 0 Å². The summed E-state index contributed by atoms with van der Waals surface area (Å²) in [5.74, 6) is -0.638. The lowest BCUT2D eigenvalue weighted by molar-refractivity contribution is 0.0884. The average Bonchev–Trinajstić information content (AvgIpc) is 2.88. The monoisotopic (exact) mass is 316 g/mol. The molecule has 1 aromatic carbocycles. The minimum atomic E-state index is -3.92. The molecule has 2 rings (SSSR count). The first kappa shape index (κ1) is 16.2. The molecule has 0 spiro atoms. The Hall–Kier alpha value is -1.18. The fraction of sp³-hybridized carbons (Fsp3) is 0.571. The molecular weight excluding hydrogens is 295 g/mol. The molecule has 7 heteroatoms. The molecule has 5 nitrogen and oxygen atoms in total. The Labute approximate surface area is 124 Å². The Kier molecular flexibility index (Phi) is 4.85. The van der Waals surface area contributed by atoms with Gasteiger partial charge in [-0.25, -0.2) is 17.5 Å². The number of rotatable bonds is 5. The van der Waals surface area contributed by atoms with Crippen molar-refractivity contribution < 1.29 is 17.5 Å². The molecule has 0 bridgehead atoms. The van der Waals surface area contributed by atoms with Crippen LogP contribution in [-0.4, -0.2) is 27.7 Å². The van der Waals surface area contributed by atoms with E-state index in [9.17, 15) is 12.8 Å². The Balaban J connectivity index is 2.16. The Morgan fingerprint density at radius 1 is 1.48 bits per heavy atom. The maximum absolute atomic E-state index is 14.0. The average molecular weight is 316 g/mol. The van der Waals surface area contributed by atoms with Crippen LogP contribution in [0.15, 0.2) is 17.0 Å². The molecule has 1 aliphatic rings. The van der Waals surface area contributed by atoms with Crippen LogP contribution in [0.3, 0.4) is 0 Å². The molecule has 3 N–H and O–H groups in total. The zero-order chi connectivity index (χ0) is 15.6. The number of nitrogens with one attached hydrogen (secondary N) is 1. The van der Waals surface area contributed by atoms with Gasteiger partial charge in [-0.05, 0) is 37.5 Å². The molecule has 0 aliphatic carbocycles. The van der Waals surface area contributed by atoms with E-state index in [0.717, 1.165) is 18.9 Å². The number of benzene rings is 1. The van der Waals surface area contributed by atoms with Crippen LogP contribution < -0.4 is 10.5 Å². The van der Waals surface area contributed by atoms with Crippen molar-refractivity contribution in [3.05, 3.63) is 23.5 Å². The molecule has 2 atom stereocenters. The molecule has 0 aromatic heterocycles. The first-order valence-corrected chi connectivity index (χ1v) is 8.50. The maximum atomic E-state index is 14.0. The van der Waals surface area contributed by atoms with Gasteiger partial charge in [0.25, 0.3) is 0 Å². The number of ether oxygens (including phenoxy) is 1. The van der Waals surface area contributed by atoms with Crippen molar-refractivity contribution in [2.24, 2.45) is 5.92 Å². The molecule has 0 amide bonds. The summed E-state index contributed by atoms with van der Waals surface area (Å²) in [6.45, 7) is 4.37. The number of anilines is 1. The van der Waals surface area contributed by atoms with Crippen LogP contribution in [0.25, 0.3) is 0 Å². The lowest BCUT2D eigenvalue weighted by atomic mass is 10.0. The van der Waals surface area contributed by atoms with E-state index in [1.807, 2.05) is 6.92 Å².